The van der Waals surface area contributed by atoms with Crippen LogP contribution >= 0.6 is 11.8 Å². The van der Waals surface area contributed by atoms with Crippen molar-refractivity contribution in [2.75, 3.05) is 32.2 Å². The Morgan fingerprint density at radius 1 is 0.788 bits per heavy atom. The third-order valence-electron chi connectivity index (χ3n) is 5.66. The second-order valence-electron chi connectivity index (χ2n) is 8.57. The zero-order valence-electron chi connectivity index (χ0n) is 21.6. The number of hydrogen-bond donors (Lipinski definition) is 0. The van der Waals surface area contributed by atoms with Crippen molar-refractivity contribution in [2.45, 2.75) is 123 Å². The average Bonchev–Trinajstić information content (AvgIpc) is 3.39. The highest BCUT2D eigenvalue weighted by Gasteiger charge is 2.43. The van der Waals surface area contributed by atoms with Crippen LogP contribution in [-0.2, 0) is 37.9 Å². The molecule has 2 rings (SSSR count). The predicted molar refractivity (Wildman–Crippen MR) is 128 cm³/mol. The standard InChI is InChI=1S/C24H46O8S/c1-8-20(17-26-22(10-3)32-24(12-5)28-16-19(7)30-24)33-14-13-25-21(9-2)31-23(11-4)27-15-18(6)29-23/h18-22H,8-17H2,1-7H3. The maximum Gasteiger partial charge on any atom is 0.285 e. The van der Waals surface area contributed by atoms with E-state index in [2.05, 4.69) is 6.92 Å². The molecule has 0 aromatic rings. The van der Waals surface area contributed by atoms with Gasteiger partial charge in [-0.3, -0.25) is 9.47 Å². The molecule has 2 aliphatic rings. The van der Waals surface area contributed by atoms with Gasteiger partial charge in [0.2, 0.25) is 0 Å². The topological polar surface area (TPSA) is 73.8 Å². The van der Waals surface area contributed by atoms with Crippen molar-refractivity contribution in [1.82, 2.24) is 0 Å². The molecule has 0 N–H and O–H groups in total. The van der Waals surface area contributed by atoms with Crippen LogP contribution in [-0.4, -0.2) is 74.2 Å². The molecule has 0 aliphatic carbocycles. The molecule has 196 valence electrons. The zero-order valence-corrected chi connectivity index (χ0v) is 22.4. The lowest BCUT2D eigenvalue weighted by Gasteiger charge is -2.31. The molecule has 0 saturated carbocycles. The average molecular weight is 495 g/mol. The summed E-state index contributed by atoms with van der Waals surface area (Å²) in [5, 5.41) is 0.346. The van der Waals surface area contributed by atoms with E-state index in [1.807, 2.05) is 53.3 Å². The van der Waals surface area contributed by atoms with Crippen molar-refractivity contribution >= 4 is 11.8 Å². The second-order valence-corrected chi connectivity index (χ2v) is 9.98. The highest BCUT2D eigenvalue weighted by Crippen LogP contribution is 2.32. The summed E-state index contributed by atoms with van der Waals surface area (Å²) in [7, 11) is 0. The summed E-state index contributed by atoms with van der Waals surface area (Å²) in [6.07, 6.45) is 3.03. The third kappa shape index (κ3) is 9.20. The lowest BCUT2D eigenvalue weighted by Crippen LogP contribution is -2.39. The van der Waals surface area contributed by atoms with Crippen LogP contribution in [0.5, 0.6) is 0 Å². The molecule has 0 spiro atoms. The van der Waals surface area contributed by atoms with E-state index < -0.39 is 11.9 Å². The van der Waals surface area contributed by atoms with Crippen LogP contribution in [0.25, 0.3) is 0 Å². The van der Waals surface area contributed by atoms with Gasteiger partial charge in [-0.25, -0.2) is 0 Å². The van der Waals surface area contributed by atoms with Crippen LogP contribution in [0.1, 0.15) is 80.6 Å². The maximum atomic E-state index is 6.09. The van der Waals surface area contributed by atoms with Crippen LogP contribution in [0.4, 0.5) is 0 Å². The third-order valence-corrected chi connectivity index (χ3v) is 7.00. The first kappa shape index (κ1) is 29.3. The fraction of sp³-hybridized carbons (Fsp3) is 1.00. The van der Waals surface area contributed by atoms with Crippen LogP contribution in [0.3, 0.4) is 0 Å². The van der Waals surface area contributed by atoms with E-state index in [9.17, 15) is 0 Å². The lowest BCUT2D eigenvalue weighted by molar-refractivity contribution is -0.386. The summed E-state index contributed by atoms with van der Waals surface area (Å²) in [6.45, 7) is 16.5. The lowest BCUT2D eigenvalue weighted by atomic mass is 10.3. The van der Waals surface area contributed by atoms with Gasteiger partial charge in [-0.2, -0.15) is 11.8 Å². The van der Waals surface area contributed by atoms with Gasteiger partial charge in [0.15, 0.2) is 12.6 Å². The van der Waals surface area contributed by atoms with Gasteiger partial charge in [0, 0.05) is 23.8 Å². The number of rotatable bonds is 17. The van der Waals surface area contributed by atoms with E-state index in [-0.39, 0.29) is 24.8 Å². The van der Waals surface area contributed by atoms with Gasteiger partial charge in [0.05, 0.1) is 38.6 Å². The molecule has 9 heteroatoms. The van der Waals surface area contributed by atoms with Crippen molar-refractivity contribution in [3.05, 3.63) is 0 Å². The smallest absolute Gasteiger partial charge is 0.285 e. The molecule has 0 radical (unpaired) electrons. The van der Waals surface area contributed by atoms with Crippen molar-refractivity contribution in [3.8, 4) is 0 Å². The molecule has 7 atom stereocenters. The molecule has 8 nitrogen and oxygen atoms in total. The largest absolute Gasteiger partial charge is 0.352 e. The molecule has 2 fully saturated rings. The van der Waals surface area contributed by atoms with E-state index in [0.717, 1.165) is 25.0 Å². The van der Waals surface area contributed by atoms with Gasteiger partial charge in [-0.05, 0) is 33.1 Å². The SMILES string of the molecule is CCC(OCCSC(CC)COC(CC)OC1(CC)OCC(C)O1)OC1(CC)OCC(C)O1. The molecule has 2 aliphatic heterocycles. The van der Waals surface area contributed by atoms with Crippen molar-refractivity contribution in [2.24, 2.45) is 0 Å². The first-order valence-electron chi connectivity index (χ1n) is 12.7. The van der Waals surface area contributed by atoms with Gasteiger partial charge in [0.25, 0.3) is 11.9 Å². The summed E-state index contributed by atoms with van der Waals surface area (Å²) in [4.78, 5) is 0. The number of hydrogen-bond acceptors (Lipinski definition) is 9. The molecule has 0 aromatic carbocycles. The summed E-state index contributed by atoms with van der Waals surface area (Å²) < 4.78 is 47.4. The Labute approximate surface area is 204 Å². The normalized spacial score (nSPS) is 32.8. The summed E-state index contributed by atoms with van der Waals surface area (Å²) >= 11 is 1.84. The Bertz CT molecular complexity index is 541. The van der Waals surface area contributed by atoms with Gasteiger partial charge >= 0.3 is 0 Å². The van der Waals surface area contributed by atoms with Gasteiger partial charge in [0.1, 0.15) is 0 Å². The summed E-state index contributed by atoms with van der Waals surface area (Å²) in [5.41, 5.74) is 0. The monoisotopic (exact) mass is 494 g/mol. The predicted octanol–water partition coefficient (Wildman–Crippen LogP) is 5.04. The Kier molecular flexibility index (Phi) is 12.9. The molecule has 2 heterocycles. The minimum atomic E-state index is -0.988. The Morgan fingerprint density at radius 2 is 1.30 bits per heavy atom. The van der Waals surface area contributed by atoms with Crippen molar-refractivity contribution < 1.29 is 37.9 Å². The molecular weight excluding hydrogens is 448 g/mol. The summed E-state index contributed by atoms with van der Waals surface area (Å²) in [5.74, 6) is -1.12. The maximum absolute atomic E-state index is 6.09. The van der Waals surface area contributed by atoms with Crippen molar-refractivity contribution in [3.63, 3.8) is 0 Å². The van der Waals surface area contributed by atoms with Crippen LogP contribution < -0.4 is 0 Å². The second kappa shape index (κ2) is 14.6. The first-order valence-corrected chi connectivity index (χ1v) is 13.7. The fourth-order valence-corrected chi connectivity index (χ4v) is 4.60. The van der Waals surface area contributed by atoms with Gasteiger partial charge in [-0.1, -0.05) is 34.6 Å². The molecule has 33 heavy (non-hydrogen) atoms. The minimum absolute atomic E-state index is 0.0275. The van der Waals surface area contributed by atoms with Crippen LogP contribution in [0.2, 0.25) is 0 Å². The highest BCUT2D eigenvalue weighted by atomic mass is 32.2. The minimum Gasteiger partial charge on any atom is -0.352 e. The Balaban J connectivity index is 1.70. The molecule has 0 amide bonds. The van der Waals surface area contributed by atoms with E-state index >= 15 is 0 Å². The van der Waals surface area contributed by atoms with Gasteiger partial charge in [-0.15, -0.1) is 0 Å². The van der Waals surface area contributed by atoms with E-state index in [1.165, 1.54) is 0 Å². The molecular formula is C24H46O8S. The van der Waals surface area contributed by atoms with E-state index in [4.69, 9.17) is 37.9 Å². The molecule has 0 bridgehead atoms. The fourth-order valence-electron chi connectivity index (χ4n) is 3.66. The van der Waals surface area contributed by atoms with E-state index in [1.54, 1.807) is 0 Å². The number of thioether (sulfide) groups is 1. The summed E-state index contributed by atoms with van der Waals surface area (Å²) in [6, 6.07) is 0. The molecule has 0 aromatic heterocycles. The molecule has 2 saturated heterocycles. The van der Waals surface area contributed by atoms with E-state index in [0.29, 0.717) is 44.5 Å². The molecule has 7 unspecified atom stereocenters. The zero-order chi connectivity index (χ0) is 24.3. The highest BCUT2D eigenvalue weighted by molar-refractivity contribution is 7.99. The van der Waals surface area contributed by atoms with Crippen molar-refractivity contribution in [1.29, 1.82) is 0 Å². The quantitative estimate of drug-likeness (QED) is 0.204. The van der Waals surface area contributed by atoms with Crippen LogP contribution in [0.15, 0.2) is 0 Å². The van der Waals surface area contributed by atoms with Crippen LogP contribution in [0, 0.1) is 0 Å². The first-order chi connectivity index (χ1) is 15.8. The Hall–Kier alpha value is 0.0300. The van der Waals surface area contributed by atoms with Gasteiger partial charge < -0.3 is 28.4 Å². The number of ether oxygens (including phenoxy) is 8. The Morgan fingerprint density at radius 3 is 1.70 bits per heavy atom.